The second-order valence-electron chi connectivity index (χ2n) is 8.11. The van der Waals surface area contributed by atoms with Crippen LogP contribution in [-0.2, 0) is 19.1 Å². The quantitative estimate of drug-likeness (QED) is 0.692. The predicted molar refractivity (Wildman–Crippen MR) is 112 cm³/mol. The monoisotopic (exact) mass is 414 g/mol. The van der Waals surface area contributed by atoms with Crippen LogP contribution in [0.15, 0.2) is 24.3 Å². The van der Waals surface area contributed by atoms with E-state index in [0.29, 0.717) is 43.0 Å². The van der Waals surface area contributed by atoms with Crippen molar-refractivity contribution in [1.29, 1.82) is 0 Å². The van der Waals surface area contributed by atoms with Crippen LogP contribution in [0.25, 0.3) is 0 Å². The van der Waals surface area contributed by atoms with Gasteiger partial charge in [0.25, 0.3) is 11.8 Å². The number of anilines is 1. The van der Waals surface area contributed by atoms with Gasteiger partial charge in [0.15, 0.2) is 6.61 Å². The summed E-state index contributed by atoms with van der Waals surface area (Å²) < 4.78 is 5.23. The van der Waals surface area contributed by atoms with Crippen molar-refractivity contribution in [2.24, 2.45) is 17.8 Å². The van der Waals surface area contributed by atoms with Gasteiger partial charge in [-0.15, -0.1) is 0 Å². The Balaban J connectivity index is 1.51. The molecule has 1 aromatic carbocycles. The highest BCUT2D eigenvalue weighted by Gasteiger charge is 2.41. The first-order valence-electron chi connectivity index (χ1n) is 10.8. The number of amides is 2. The fourth-order valence-corrected chi connectivity index (χ4v) is 4.55. The van der Waals surface area contributed by atoms with Crippen molar-refractivity contribution in [3.05, 3.63) is 29.8 Å². The van der Waals surface area contributed by atoms with Crippen molar-refractivity contribution >= 4 is 29.3 Å². The fourth-order valence-electron chi connectivity index (χ4n) is 4.55. The van der Waals surface area contributed by atoms with E-state index in [1.807, 2.05) is 13.8 Å². The number of hydrogen-bond donors (Lipinski definition) is 1. The van der Waals surface area contributed by atoms with Gasteiger partial charge in [-0.3, -0.25) is 19.2 Å². The van der Waals surface area contributed by atoms with E-state index in [1.165, 1.54) is 0 Å². The molecule has 162 valence electrons. The molecule has 3 rings (SSSR count). The van der Waals surface area contributed by atoms with Crippen LogP contribution in [0.5, 0.6) is 0 Å². The molecule has 0 aliphatic heterocycles. The molecule has 7 heteroatoms. The number of hydrogen-bond acceptors (Lipinski definition) is 5. The molecule has 2 atom stereocenters. The molecule has 2 bridgehead atoms. The van der Waals surface area contributed by atoms with E-state index in [-0.39, 0.29) is 30.3 Å². The summed E-state index contributed by atoms with van der Waals surface area (Å²) in [5.41, 5.74) is 0.971. The smallest absolute Gasteiger partial charge is 0.309 e. The van der Waals surface area contributed by atoms with Gasteiger partial charge in [-0.2, -0.15) is 0 Å². The number of nitrogens with one attached hydrogen (secondary N) is 1. The average Bonchev–Trinajstić information content (AvgIpc) is 2.73. The number of fused-ring (bicyclic) bond motifs is 2. The standard InChI is InChI=1S/C23H30N2O5/c1-3-25(4-2)22(28)17-9-6-10-19(13-17)24-20(26)14-30-23(29)18-11-15-7-5-8-16(12-18)21(15)27/h6,9-10,13,15-16,18H,3-5,7-8,11-12,14H2,1-2H3,(H,24,26)/t15-,16-/m1/s1. The molecule has 0 heterocycles. The number of carbonyl (C=O) groups excluding carboxylic acids is 4. The van der Waals surface area contributed by atoms with Gasteiger partial charge in [-0.25, -0.2) is 0 Å². The molecule has 0 radical (unpaired) electrons. The lowest BCUT2D eigenvalue weighted by Crippen LogP contribution is -2.40. The van der Waals surface area contributed by atoms with Gasteiger partial charge in [0.05, 0.1) is 5.92 Å². The van der Waals surface area contributed by atoms with Gasteiger partial charge in [-0.05, 0) is 57.7 Å². The highest BCUT2D eigenvalue weighted by Crippen LogP contribution is 2.40. The van der Waals surface area contributed by atoms with Crippen LogP contribution in [-0.4, -0.2) is 48.2 Å². The minimum atomic E-state index is -0.456. The Bertz CT molecular complexity index is 802. The molecule has 0 unspecified atom stereocenters. The Hall–Kier alpha value is -2.70. The minimum Gasteiger partial charge on any atom is -0.455 e. The summed E-state index contributed by atoms with van der Waals surface area (Å²) in [5, 5.41) is 2.68. The highest BCUT2D eigenvalue weighted by atomic mass is 16.5. The zero-order chi connectivity index (χ0) is 21.7. The van der Waals surface area contributed by atoms with Crippen LogP contribution in [0.1, 0.15) is 56.3 Å². The van der Waals surface area contributed by atoms with Crippen LogP contribution >= 0.6 is 0 Å². The number of rotatable bonds is 7. The molecule has 2 aliphatic carbocycles. The van der Waals surface area contributed by atoms with E-state index in [1.54, 1.807) is 29.2 Å². The first-order valence-corrected chi connectivity index (χ1v) is 10.8. The molecule has 0 aromatic heterocycles. The third kappa shape index (κ3) is 5.07. The number of ketones is 1. The van der Waals surface area contributed by atoms with Crippen LogP contribution in [0.4, 0.5) is 5.69 Å². The van der Waals surface area contributed by atoms with Gasteiger partial charge in [0.2, 0.25) is 0 Å². The number of ether oxygens (including phenoxy) is 1. The predicted octanol–water partition coefficient (Wildman–Crippen LogP) is 3.05. The summed E-state index contributed by atoms with van der Waals surface area (Å²) in [5.74, 6) is -1.03. The molecule has 2 amide bonds. The van der Waals surface area contributed by atoms with Gasteiger partial charge in [0.1, 0.15) is 5.78 Å². The van der Waals surface area contributed by atoms with Crippen molar-refractivity contribution in [3.63, 3.8) is 0 Å². The van der Waals surface area contributed by atoms with E-state index in [9.17, 15) is 19.2 Å². The van der Waals surface area contributed by atoms with Crippen LogP contribution in [0.2, 0.25) is 0 Å². The number of carbonyl (C=O) groups is 4. The maximum atomic E-state index is 12.5. The SMILES string of the molecule is CCN(CC)C(=O)c1cccc(NC(=O)COC(=O)C2C[C@H]3CCC[C@H](C2)C3=O)c1. The van der Waals surface area contributed by atoms with E-state index in [4.69, 9.17) is 4.74 Å². The molecule has 30 heavy (non-hydrogen) atoms. The molecular weight excluding hydrogens is 384 g/mol. The molecule has 2 saturated carbocycles. The molecule has 0 saturated heterocycles. The number of benzene rings is 1. The van der Waals surface area contributed by atoms with E-state index in [2.05, 4.69) is 5.32 Å². The summed E-state index contributed by atoms with van der Waals surface area (Å²) in [6, 6.07) is 6.72. The molecule has 2 fully saturated rings. The highest BCUT2D eigenvalue weighted by molar-refractivity contribution is 5.98. The summed E-state index contributed by atoms with van der Waals surface area (Å²) >= 11 is 0. The van der Waals surface area contributed by atoms with E-state index in [0.717, 1.165) is 19.3 Å². The lowest BCUT2D eigenvalue weighted by Gasteiger charge is -2.36. The van der Waals surface area contributed by atoms with Crippen molar-refractivity contribution in [1.82, 2.24) is 4.90 Å². The summed E-state index contributed by atoms with van der Waals surface area (Å²) in [4.78, 5) is 51.0. The van der Waals surface area contributed by atoms with Crippen molar-refractivity contribution in [2.45, 2.75) is 46.0 Å². The number of nitrogens with zero attached hydrogens (tertiary/aromatic N) is 1. The van der Waals surface area contributed by atoms with E-state index < -0.39 is 11.9 Å². The minimum absolute atomic E-state index is 0.0324. The molecule has 0 spiro atoms. The third-order valence-corrected chi connectivity index (χ3v) is 6.17. The molecule has 7 nitrogen and oxygen atoms in total. The lowest BCUT2D eigenvalue weighted by molar-refractivity contribution is -0.155. The Labute approximate surface area is 177 Å². The van der Waals surface area contributed by atoms with E-state index >= 15 is 0 Å². The number of Topliss-reactive ketones (excluding diaryl/α,β-unsaturated/α-hetero) is 1. The van der Waals surface area contributed by atoms with Gasteiger partial charge in [-0.1, -0.05) is 12.5 Å². The summed E-state index contributed by atoms with van der Waals surface area (Å²) in [6.45, 7) is 4.66. The second-order valence-corrected chi connectivity index (χ2v) is 8.11. The largest absolute Gasteiger partial charge is 0.455 e. The topological polar surface area (TPSA) is 92.8 Å². The number of esters is 1. The van der Waals surface area contributed by atoms with Crippen LogP contribution in [0, 0.1) is 17.8 Å². The average molecular weight is 415 g/mol. The molecular formula is C23H30N2O5. The van der Waals surface area contributed by atoms with Crippen LogP contribution < -0.4 is 5.32 Å². The maximum absolute atomic E-state index is 12.5. The third-order valence-electron chi connectivity index (χ3n) is 6.17. The Morgan fingerprint density at radius 3 is 2.40 bits per heavy atom. The first kappa shape index (κ1) is 22.0. The zero-order valence-electron chi connectivity index (χ0n) is 17.7. The molecule has 1 N–H and O–H groups in total. The van der Waals surface area contributed by atoms with Crippen molar-refractivity contribution in [2.75, 3.05) is 25.0 Å². The Kier molecular flexibility index (Phi) is 7.24. The Morgan fingerprint density at radius 1 is 1.10 bits per heavy atom. The Morgan fingerprint density at radius 2 is 1.77 bits per heavy atom. The lowest BCUT2D eigenvalue weighted by atomic mass is 9.67. The normalized spacial score (nSPS) is 22.9. The van der Waals surface area contributed by atoms with Crippen molar-refractivity contribution in [3.8, 4) is 0 Å². The fraction of sp³-hybridized carbons (Fsp3) is 0.565. The van der Waals surface area contributed by atoms with Gasteiger partial charge < -0.3 is 15.0 Å². The second kappa shape index (κ2) is 9.87. The first-order chi connectivity index (χ1) is 14.4. The zero-order valence-corrected chi connectivity index (χ0v) is 17.7. The van der Waals surface area contributed by atoms with Crippen molar-refractivity contribution < 1.29 is 23.9 Å². The van der Waals surface area contributed by atoms with Gasteiger partial charge in [0, 0.05) is 36.2 Å². The van der Waals surface area contributed by atoms with Crippen LogP contribution in [0.3, 0.4) is 0 Å². The maximum Gasteiger partial charge on any atom is 0.309 e. The van der Waals surface area contributed by atoms with Gasteiger partial charge >= 0.3 is 5.97 Å². The molecule has 1 aromatic rings. The summed E-state index contributed by atoms with van der Waals surface area (Å²) in [7, 11) is 0. The summed E-state index contributed by atoms with van der Waals surface area (Å²) in [6.07, 6.45) is 3.81. The molecule has 2 aliphatic rings.